The number of aromatic nitrogens is 4. The number of nitrogens with one attached hydrogen (secondary N) is 1. The molecular weight excluding hydrogens is 316 g/mol. The highest BCUT2D eigenvalue weighted by Crippen LogP contribution is 2.50. The van der Waals surface area contributed by atoms with Gasteiger partial charge in [0.05, 0.1) is 18.1 Å². The number of nitrogens with zero attached hydrogens (tertiary/aromatic N) is 3. The molecule has 0 aliphatic carbocycles. The maximum atomic E-state index is 9.67. The summed E-state index contributed by atoms with van der Waals surface area (Å²) in [6, 6.07) is 2.01. The molecule has 3 aromatic rings. The topological polar surface area (TPSA) is 76.0 Å². The number of rotatable bonds is 2. The standard InChI is InChI=1S/C19H24N4O2/c1-10-6-11(2)22-16-15-13(10)7-23(17(15)21-9-20-16)18-19(4,5)12(3)14(8-24)25-18/h6-7,9,12,14,18,24H,2,8H2,1,3-5H3,(H,20,21,22)/t12-,14+,18+/m0/s1. The van der Waals surface area contributed by atoms with Crippen LogP contribution < -0.4 is 5.35 Å². The van der Waals surface area contributed by atoms with E-state index in [0.29, 0.717) is 0 Å². The zero-order chi connectivity index (χ0) is 17.9. The predicted molar refractivity (Wildman–Crippen MR) is 97.6 cm³/mol. The number of hydrogen-bond acceptors (Lipinski definition) is 4. The first-order chi connectivity index (χ1) is 11.8. The van der Waals surface area contributed by atoms with E-state index in [2.05, 4.69) is 60.0 Å². The fourth-order valence-electron chi connectivity index (χ4n) is 3.97. The van der Waals surface area contributed by atoms with Gasteiger partial charge < -0.3 is 19.4 Å². The number of H-pyrrole nitrogens is 1. The first-order valence-corrected chi connectivity index (χ1v) is 8.61. The van der Waals surface area contributed by atoms with Crippen molar-refractivity contribution < 1.29 is 9.84 Å². The first-order valence-electron chi connectivity index (χ1n) is 8.61. The molecule has 0 radical (unpaired) electrons. The predicted octanol–water partition coefficient (Wildman–Crippen LogP) is 2.46. The fourth-order valence-corrected chi connectivity index (χ4v) is 3.97. The third kappa shape index (κ3) is 2.24. The van der Waals surface area contributed by atoms with E-state index >= 15 is 0 Å². The van der Waals surface area contributed by atoms with Gasteiger partial charge in [-0.15, -0.1) is 0 Å². The summed E-state index contributed by atoms with van der Waals surface area (Å²) in [5, 5.41) is 12.5. The Kier molecular flexibility index (Phi) is 3.53. The molecule has 0 saturated carbocycles. The van der Waals surface area contributed by atoms with E-state index in [1.54, 1.807) is 6.33 Å². The van der Waals surface area contributed by atoms with Crippen molar-refractivity contribution in [2.75, 3.05) is 6.61 Å². The van der Waals surface area contributed by atoms with Crippen LogP contribution in [0.3, 0.4) is 0 Å². The van der Waals surface area contributed by atoms with Crippen molar-refractivity contribution in [3.63, 3.8) is 0 Å². The van der Waals surface area contributed by atoms with Crippen molar-refractivity contribution in [2.24, 2.45) is 11.3 Å². The fraction of sp³-hybridized carbons (Fsp3) is 0.474. The molecule has 0 bridgehead atoms. The molecule has 3 aromatic heterocycles. The van der Waals surface area contributed by atoms with Crippen LogP contribution in [0.4, 0.5) is 0 Å². The van der Waals surface area contributed by atoms with Crippen LogP contribution >= 0.6 is 0 Å². The maximum Gasteiger partial charge on any atom is 0.148 e. The van der Waals surface area contributed by atoms with Gasteiger partial charge >= 0.3 is 0 Å². The van der Waals surface area contributed by atoms with E-state index in [1.807, 2.05) is 6.07 Å². The maximum absolute atomic E-state index is 9.67. The molecular formula is C19H24N4O2. The van der Waals surface area contributed by atoms with Crippen LogP contribution in [0.15, 0.2) is 18.6 Å². The van der Waals surface area contributed by atoms with Crippen molar-refractivity contribution in [3.8, 4) is 0 Å². The van der Waals surface area contributed by atoms with Crippen LogP contribution in [0.25, 0.3) is 28.6 Å². The van der Waals surface area contributed by atoms with Crippen molar-refractivity contribution in [2.45, 2.75) is 40.0 Å². The summed E-state index contributed by atoms with van der Waals surface area (Å²) in [6.07, 6.45) is 3.28. The molecule has 132 valence electrons. The van der Waals surface area contributed by atoms with E-state index in [0.717, 1.165) is 33.0 Å². The Morgan fingerprint density at radius 1 is 1.40 bits per heavy atom. The molecule has 1 aliphatic heterocycles. The lowest BCUT2D eigenvalue weighted by Gasteiger charge is -2.30. The lowest BCUT2D eigenvalue weighted by atomic mass is 9.78. The summed E-state index contributed by atoms with van der Waals surface area (Å²) in [4.78, 5) is 12.2. The highest BCUT2D eigenvalue weighted by Gasteiger charge is 2.49. The van der Waals surface area contributed by atoms with Crippen LogP contribution in [0.1, 0.15) is 32.6 Å². The summed E-state index contributed by atoms with van der Waals surface area (Å²) < 4.78 is 8.33. The Balaban J connectivity index is 2.02. The molecule has 25 heavy (non-hydrogen) atoms. The molecule has 6 nitrogen and oxygen atoms in total. The average Bonchev–Trinajstić information content (AvgIpc) is 3.00. The van der Waals surface area contributed by atoms with E-state index in [4.69, 9.17) is 4.74 Å². The minimum atomic E-state index is -0.200. The number of aliphatic hydroxyl groups excluding tert-OH is 1. The molecule has 0 amide bonds. The highest BCUT2D eigenvalue weighted by atomic mass is 16.5. The smallest absolute Gasteiger partial charge is 0.148 e. The van der Waals surface area contributed by atoms with E-state index < -0.39 is 0 Å². The Morgan fingerprint density at radius 3 is 2.84 bits per heavy atom. The number of aliphatic hydroxyl groups is 1. The van der Waals surface area contributed by atoms with Gasteiger partial charge in [0.2, 0.25) is 0 Å². The third-order valence-corrected chi connectivity index (χ3v) is 5.81. The van der Waals surface area contributed by atoms with E-state index in [1.165, 1.54) is 0 Å². The van der Waals surface area contributed by atoms with Crippen LogP contribution in [0.5, 0.6) is 0 Å². The van der Waals surface area contributed by atoms with Gasteiger partial charge in [0.1, 0.15) is 23.8 Å². The average molecular weight is 340 g/mol. The molecule has 3 atom stereocenters. The number of ether oxygens (including phenoxy) is 1. The Morgan fingerprint density at radius 2 is 2.16 bits per heavy atom. The molecule has 0 aromatic carbocycles. The van der Waals surface area contributed by atoms with Gasteiger partial charge in [0.15, 0.2) is 0 Å². The van der Waals surface area contributed by atoms with Crippen molar-refractivity contribution in [1.29, 1.82) is 0 Å². The number of hydrogen-bond donors (Lipinski definition) is 2. The van der Waals surface area contributed by atoms with Crippen LogP contribution in [-0.4, -0.2) is 37.3 Å². The zero-order valence-corrected chi connectivity index (χ0v) is 15.1. The van der Waals surface area contributed by atoms with Crippen molar-refractivity contribution in [3.05, 3.63) is 29.5 Å². The quantitative estimate of drug-likeness (QED) is 0.751. The Bertz CT molecular complexity index is 1020. The van der Waals surface area contributed by atoms with Gasteiger partial charge in [-0.1, -0.05) is 27.4 Å². The second kappa shape index (κ2) is 5.41. The third-order valence-electron chi connectivity index (χ3n) is 5.81. The molecule has 6 heteroatoms. The van der Waals surface area contributed by atoms with Gasteiger partial charge in [-0.3, -0.25) is 0 Å². The lowest BCUT2D eigenvalue weighted by Crippen LogP contribution is -2.28. The molecule has 1 fully saturated rings. The van der Waals surface area contributed by atoms with Crippen molar-refractivity contribution in [1.82, 2.24) is 19.5 Å². The SMILES string of the molecule is C=c1cc(C)c2cn([C@@H]3O[C@H](CO)[C@H](C)C3(C)C)c3ncnc([nH]1)c23. The Hall–Kier alpha value is -2.18. The molecule has 0 unspecified atom stereocenters. The van der Waals surface area contributed by atoms with Crippen LogP contribution in [0, 0.1) is 18.3 Å². The lowest BCUT2D eigenvalue weighted by molar-refractivity contribution is -0.0453. The van der Waals surface area contributed by atoms with Crippen LogP contribution in [-0.2, 0) is 4.74 Å². The molecule has 4 heterocycles. The van der Waals surface area contributed by atoms with Gasteiger partial charge in [0.25, 0.3) is 0 Å². The van der Waals surface area contributed by atoms with Gasteiger partial charge in [-0.25, -0.2) is 9.97 Å². The van der Waals surface area contributed by atoms with Gasteiger partial charge in [-0.2, -0.15) is 0 Å². The Labute approximate surface area is 146 Å². The normalized spacial score (nSPS) is 25.9. The van der Waals surface area contributed by atoms with Gasteiger partial charge in [-0.05, 0) is 24.5 Å². The van der Waals surface area contributed by atoms with Gasteiger partial charge in [0, 0.05) is 22.3 Å². The monoisotopic (exact) mass is 340 g/mol. The minimum Gasteiger partial charge on any atom is -0.394 e. The van der Waals surface area contributed by atoms with E-state index in [-0.39, 0.29) is 30.3 Å². The van der Waals surface area contributed by atoms with E-state index in [9.17, 15) is 5.11 Å². The largest absolute Gasteiger partial charge is 0.394 e. The summed E-state index contributed by atoms with van der Waals surface area (Å²) >= 11 is 0. The van der Waals surface area contributed by atoms with Crippen molar-refractivity contribution >= 4 is 28.6 Å². The molecule has 0 spiro atoms. The molecule has 4 rings (SSSR count). The summed E-state index contributed by atoms with van der Waals surface area (Å²) in [7, 11) is 0. The second-order valence-corrected chi connectivity index (χ2v) is 7.67. The number of aryl methyl sites for hydroxylation is 1. The summed E-state index contributed by atoms with van der Waals surface area (Å²) in [5.41, 5.74) is 2.57. The highest BCUT2D eigenvalue weighted by molar-refractivity contribution is 6.05. The summed E-state index contributed by atoms with van der Waals surface area (Å²) in [5.74, 6) is 0.229. The molecule has 1 saturated heterocycles. The first kappa shape index (κ1) is 16.3. The van der Waals surface area contributed by atoms with Crippen LogP contribution in [0.2, 0.25) is 0 Å². The molecule has 1 aliphatic rings. The summed E-state index contributed by atoms with van der Waals surface area (Å²) in [6.45, 7) is 12.6. The zero-order valence-electron chi connectivity index (χ0n) is 15.1. The second-order valence-electron chi connectivity index (χ2n) is 7.67. The molecule has 2 N–H and O–H groups in total. The minimum absolute atomic E-state index is 0.0215. The number of aromatic amines is 1.